The summed E-state index contributed by atoms with van der Waals surface area (Å²) in [5, 5.41) is 0. The number of carbonyl (C=O) groups is 1. The second-order valence-corrected chi connectivity index (χ2v) is 4.83. The molecular weight excluding hydrogens is 267 g/mol. The van der Waals surface area contributed by atoms with Crippen LogP contribution in [0.1, 0.15) is 24.2 Å². The zero-order chi connectivity index (χ0) is 14.6. The Morgan fingerprint density at radius 1 is 1.53 bits per heavy atom. The number of methoxy groups -OCH3 is 1. The Bertz CT molecular complexity index is 492. The highest BCUT2D eigenvalue weighted by molar-refractivity contribution is 7.80. The van der Waals surface area contributed by atoms with E-state index in [4.69, 9.17) is 22.7 Å². The molecule has 0 heterocycles. The molecule has 0 saturated carbocycles. The van der Waals surface area contributed by atoms with Crippen LogP contribution < -0.4 is 10.5 Å². The van der Waals surface area contributed by atoms with Crippen LogP contribution in [0.15, 0.2) is 18.2 Å². The van der Waals surface area contributed by atoms with Crippen molar-refractivity contribution in [2.45, 2.75) is 19.9 Å². The van der Waals surface area contributed by atoms with Crippen molar-refractivity contribution in [1.29, 1.82) is 0 Å². The summed E-state index contributed by atoms with van der Waals surface area (Å²) in [5.74, 6) is -0.922. The Morgan fingerprint density at radius 3 is 2.63 bits per heavy atom. The lowest BCUT2D eigenvalue weighted by Gasteiger charge is -2.27. The molecule has 1 amide bonds. The molecule has 0 unspecified atom stereocenters. The highest BCUT2D eigenvalue weighted by atomic mass is 32.1. The molecule has 2 N–H and O–H groups in total. The van der Waals surface area contributed by atoms with E-state index in [1.807, 2.05) is 13.8 Å². The third-order valence-electron chi connectivity index (χ3n) is 2.62. The molecule has 1 aromatic rings. The number of carbonyl (C=O) groups excluding carboxylic acids is 1. The van der Waals surface area contributed by atoms with Gasteiger partial charge in [-0.15, -0.1) is 0 Å². The minimum atomic E-state index is -0.627. The fraction of sp³-hybridized carbons (Fsp3) is 0.385. The Labute approximate surface area is 117 Å². The van der Waals surface area contributed by atoms with Crippen molar-refractivity contribution in [1.82, 2.24) is 4.90 Å². The predicted molar refractivity (Wildman–Crippen MR) is 75.9 cm³/mol. The summed E-state index contributed by atoms with van der Waals surface area (Å²) in [4.78, 5) is 14.0. The van der Waals surface area contributed by atoms with Gasteiger partial charge in [-0.3, -0.25) is 4.79 Å². The van der Waals surface area contributed by atoms with Crippen LogP contribution in [-0.2, 0) is 0 Å². The van der Waals surface area contributed by atoms with Crippen LogP contribution in [0.4, 0.5) is 4.39 Å². The first-order chi connectivity index (χ1) is 8.88. The quantitative estimate of drug-likeness (QED) is 0.840. The second-order valence-electron chi connectivity index (χ2n) is 4.31. The lowest BCUT2D eigenvalue weighted by atomic mass is 10.1. The van der Waals surface area contributed by atoms with Crippen LogP contribution in [0.3, 0.4) is 0 Å². The maximum atomic E-state index is 13.9. The average Bonchev–Trinajstić information content (AvgIpc) is 2.34. The first kappa shape index (κ1) is 15.4. The van der Waals surface area contributed by atoms with Crippen molar-refractivity contribution in [2.75, 3.05) is 13.7 Å². The van der Waals surface area contributed by atoms with E-state index < -0.39 is 11.7 Å². The minimum Gasteiger partial charge on any atom is -0.496 e. The van der Waals surface area contributed by atoms with E-state index in [-0.39, 0.29) is 28.9 Å². The normalized spacial score (nSPS) is 10.4. The number of halogens is 1. The molecule has 0 aliphatic heterocycles. The average molecular weight is 284 g/mol. The predicted octanol–water partition coefficient (Wildman–Crippen LogP) is 1.97. The van der Waals surface area contributed by atoms with E-state index in [0.29, 0.717) is 0 Å². The molecule has 6 heteroatoms. The number of hydrogen-bond donors (Lipinski definition) is 1. The molecule has 1 rings (SSSR count). The summed E-state index contributed by atoms with van der Waals surface area (Å²) in [6.45, 7) is 3.72. The van der Waals surface area contributed by atoms with Gasteiger partial charge in [0.25, 0.3) is 5.91 Å². The zero-order valence-electron chi connectivity index (χ0n) is 11.1. The molecule has 0 bridgehead atoms. The highest BCUT2D eigenvalue weighted by Gasteiger charge is 2.25. The Kier molecular flexibility index (Phi) is 5.23. The Morgan fingerprint density at radius 2 is 2.16 bits per heavy atom. The highest BCUT2D eigenvalue weighted by Crippen LogP contribution is 2.23. The van der Waals surface area contributed by atoms with Gasteiger partial charge < -0.3 is 15.4 Å². The molecule has 0 aliphatic rings. The molecule has 0 spiro atoms. The molecule has 0 saturated heterocycles. The number of ether oxygens (including phenoxy) is 1. The van der Waals surface area contributed by atoms with Crippen LogP contribution in [-0.4, -0.2) is 35.5 Å². The maximum absolute atomic E-state index is 13.9. The van der Waals surface area contributed by atoms with Gasteiger partial charge in [0.15, 0.2) is 0 Å². The van der Waals surface area contributed by atoms with Crippen LogP contribution in [0.5, 0.6) is 5.75 Å². The molecule has 19 heavy (non-hydrogen) atoms. The molecular formula is C13H17FN2O2S. The maximum Gasteiger partial charge on any atom is 0.261 e. The molecule has 1 aromatic carbocycles. The summed E-state index contributed by atoms with van der Waals surface area (Å²) in [5.41, 5.74) is 5.37. The summed E-state index contributed by atoms with van der Waals surface area (Å²) in [7, 11) is 1.39. The molecule has 0 fully saturated rings. The van der Waals surface area contributed by atoms with E-state index >= 15 is 0 Å². The summed E-state index contributed by atoms with van der Waals surface area (Å²) >= 11 is 4.81. The number of thiocarbonyl (C=S) groups is 1. The van der Waals surface area contributed by atoms with Gasteiger partial charge in [-0.1, -0.05) is 18.3 Å². The van der Waals surface area contributed by atoms with Gasteiger partial charge in [-0.25, -0.2) is 4.39 Å². The van der Waals surface area contributed by atoms with Gasteiger partial charge in [-0.2, -0.15) is 0 Å². The number of nitrogens with two attached hydrogens (primary N) is 1. The van der Waals surface area contributed by atoms with E-state index in [9.17, 15) is 9.18 Å². The number of nitrogens with zero attached hydrogens (tertiary/aromatic N) is 1. The standard InChI is InChI=1S/C13H17FN2O2S/c1-8(2)16(7-11(15)19)13(17)12-9(14)5-4-6-10(12)18-3/h4-6,8H,7H2,1-3H3,(H2,15,19). The van der Waals surface area contributed by atoms with Crippen LogP contribution >= 0.6 is 12.2 Å². The van der Waals surface area contributed by atoms with Crippen LogP contribution in [0, 0.1) is 5.82 Å². The number of rotatable bonds is 5. The van der Waals surface area contributed by atoms with Gasteiger partial charge >= 0.3 is 0 Å². The fourth-order valence-corrected chi connectivity index (χ4v) is 1.82. The van der Waals surface area contributed by atoms with E-state index in [1.54, 1.807) is 0 Å². The largest absolute Gasteiger partial charge is 0.496 e. The van der Waals surface area contributed by atoms with E-state index in [1.165, 1.54) is 30.2 Å². The zero-order valence-corrected chi connectivity index (χ0v) is 12.0. The van der Waals surface area contributed by atoms with Crippen molar-refractivity contribution in [2.24, 2.45) is 5.73 Å². The SMILES string of the molecule is COc1cccc(F)c1C(=O)N(CC(N)=S)C(C)C. The summed E-state index contributed by atoms with van der Waals surface area (Å²) in [6.07, 6.45) is 0. The lowest BCUT2D eigenvalue weighted by Crippen LogP contribution is -2.42. The van der Waals surface area contributed by atoms with E-state index in [2.05, 4.69) is 0 Å². The monoisotopic (exact) mass is 284 g/mol. The molecule has 104 valence electrons. The topological polar surface area (TPSA) is 55.6 Å². The van der Waals surface area contributed by atoms with Gasteiger partial charge in [0.05, 0.1) is 18.6 Å². The minimum absolute atomic E-state index is 0.101. The number of benzene rings is 1. The van der Waals surface area contributed by atoms with Crippen molar-refractivity contribution >= 4 is 23.1 Å². The van der Waals surface area contributed by atoms with Gasteiger partial charge in [0.1, 0.15) is 17.1 Å². The summed E-state index contributed by atoms with van der Waals surface area (Å²) in [6, 6.07) is 4.08. The van der Waals surface area contributed by atoms with E-state index in [0.717, 1.165) is 0 Å². The second kappa shape index (κ2) is 6.47. The molecule has 0 atom stereocenters. The molecule has 0 aromatic heterocycles. The lowest BCUT2D eigenvalue weighted by molar-refractivity contribution is 0.0727. The van der Waals surface area contributed by atoms with Gasteiger partial charge in [-0.05, 0) is 26.0 Å². The smallest absolute Gasteiger partial charge is 0.261 e. The van der Waals surface area contributed by atoms with Crippen molar-refractivity contribution in [3.8, 4) is 5.75 Å². The van der Waals surface area contributed by atoms with Crippen molar-refractivity contribution in [3.05, 3.63) is 29.6 Å². The molecule has 0 radical (unpaired) electrons. The van der Waals surface area contributed by atoms with Crippen LogP contribution in [0.2, 0.25) is 0 Å². The van der Waals surface area contributed by atoms with Crippen molar-refractivity contribution < 1.29 is 13.9 Å². The fourth-order valence-electron chi connectivity index (χ4n) is 1.68. The van der Waals surface area contributed by atoms with Gasteiger partial charge in [0, 0.05) is 6.04 Å². The third kappa shape index (κ3) is 3.64. The Balaban J connectivity index is 3.20. The Hall–Kier alpha value is -1.69. The molecule has 4 nitrogen and oxygen atoms in total. The number of hydrogen-bond acceptors (Lipinski definition) is 3. The van der Waals surface area contributed by atoms with Crippen LogP contribution in [0.25, 0.3) is 0 Å². The van der Waals surface area contributed by atoms with Crippen molar-refractivity contribution in [3.63, 3.8) is 0 Å². The molecule has 0 aliphatic carbocycles. The first-order valence-electron chi connectivity index (χ1n) is 5.80. The third-order valence-corrected chi connectivity index (χ3v) is 2.75. The summed E-state index contributed by atoms with van der Waals surface area (Å²) < 4.78 is 18.9. The van der Waals surface area contributed by atoms with Gasteiger partial charge in [0.2, 0.25) is 0 Å². The first-order valence-corrected chi connectivity index (χ1v) is 6.21. The number of amides is 1.